The van der Waals surface area contributed by atoms with Gasteiger partial charge in [0.15, 0.2) is 0 Å². The van der Waals surface area contributed by atoms with E-state index in [2.05, 4.69) is 15.5 Å². The van der Waals surface area contributed by atoms with Crippen molar-refractivity contribution in [3.8, 4) is 0 Å². The quantitative estimate of drug-likeness (QED) is 0.920. The van der Waals surface area contributed by atoms with Crippen molar-refractivity contribution in [1.29, 1.82) is 0 Å². The minimum absolute atomic E-state index is 0.119. The smallest absolute Gasteiger partial charge is 0.307 e. The number of hydrogen-bond acceptors (Lipinski definition) is 4. The molecule has 3 nitrogen and oxygen atoms in total. The molecule has 20 heavy (non-hydrogen) atoms. The molecule has 108 valence electrons. The third-order valence-electron chi connectivity index (χ3n) is 2.77. The Bertz CT molecular complexity index is 539. The molecule has 0 aliphatic rings. The Labute approximate surface area is 118 Å². The molecule has 7 heteroatoms. The SMILES string of the molecule is CNC(c1ccccc1)c1nnc(CCC(F)(F)F)s1. The van der Waals surface area contributed by atoms with Crippen LogP contribution in [0.25, 0.3) is 0 Å². The lowest BCUT2D eigenvalue weighted by Crippen LogP contribution is -2.17. The fourth-order valence-electron chi connectivity index (χ4n) is 1.81. The van der Waals surface area contributed by atoms with Crippen LogP contribution >= 0.6 is 11.3 Å². The average molecular weight is 301 g/mol. The van der Waals surface area contributed by atoms with Gasteiger partial charge in [0.05, 0.1) is 6.04 Å². The number of alkyl halides is 3. The number of halogens is 3. The van der Waals surface area contributed by atoms with E-state index in [-0.39, 0.29) is 12.5 Å². The van der Waals surface area contributed by atoms with Crippen LogP contribution in [0.15, 0.2) is 30.3 Å². The van der Waals surface area contributed by atoms with E-state index in [1.807, 2.05) is 30.3 Å². The summed E-state index contributed by atoms with van der Waals surface area (Å²) in [6, 6.07) is 9.46. The summed E-state index contributed by atoms with van der Waals surface area (Å²) >= 11 is 1.22. The van der Waals surface area contributed by atoms with Crippen LogP contribution < -0.4 is 5.32 Å². The first kappa shape index (κ1) is 14.9. The molecule has 1 atom stereocenters. The number of benzene rings is 1. The summed E-state index contributed by atoms with van der Waals surface area (Å²) in [6.45, 7) is 0. The van der Waals surface area contributed by atoms with Crippen molar-refractivity contribution in [2.75, 3.05) is 7.05 Å². The minimum atomic E-state index is -4.16. The molecule has 1 aromatic carbocycles. The molecular formula is C13H14F3N3S. The molecule has 0 saturated heterocycles. The molecule has 0 saturated carbocycles. The van der Waals surface area contributed by atoms with Crippen molar-refractivity contribution < 1.29 is 13.2 Å². The van der Waals surface area contributed by atoms with Crippen LogP contribution in [0.4, 0.5) is 13.2 Å². The number of rotatable bonds is 5. The number of aryl methyl sites for hydroxylation is 1. The van der Waals surface area contributed by atoms with Crippen LogP contribution in [-0.2, 0) is 6.42 Å². The maximum atomic E-state index is 12.2. The summed E-state index contributed by atoms with van der Waals surface area (Å²) in [6.07, 6.45) is -5.14. The maximum Gasteiger partial charge on any atom is 0.389 e. The van der Waals surface area contributed by atoms with E-state index in [1.54, 1.807) is 7.05 Å². The highest BCUT2D eigenvalue weighted by molar-refractivity contribution is 7.11. The van der Waals surface area contributed by atoms with Crippen LogP contribution in [0.5, 0.6) is 0 Å². The highest BCUT2D eigenvalue weighted by atomic mass is 32.1. The molecule has 0 fully saturated rings. The first-order valence-corrected chi connectivity index (χ1v) is 6.92. The Balaban J connectivity index is 2.11. The monoisotopic (exact) mass is 301 g/mol. The first-order chi connectivity index (χ1) is 9.49. The van der Waals surface area contributed by atoms with Crippen molar-refractivity contribution >= 4 is 11.3 Å². The predicted molar refractivity (Wildman–Crippen MR) is 71.6 cm³/mol. The Kier molecular flexibility index (Phi) is 4.72. The molecule has 0 amide bonds. The Morgan fingerprint density at radius 3 is 2.50 bits per heavy atom. The van der Waals surface area contributed by atoms with Gasteiger partial charge in [0.1, 0.15) is 10.0 Å². The van der Waals surface area contributed by atoms with Crippen molar-refractivity contribution in [2.45, 2.75) is 25.1 Å². The van der Waals surface area contributed by atoms with Gasteiger partial charge in [-0.15, -0.1) is 10.2 Å². The molecule has 1 heterocycles. The van der Waals surface area contributed by atoms with Crippen LogP contribution in [-0.4, -0.2) is 23.4 Å². The minimum Gasteiger partial charge on any atom is -0.307 e. The van der Waals surface area contributed by atoms with E-state index in [1.165, 1.54) is 11.3 Å². The van der Waals surface area contributed by atoms with Crippen LogP contribution in [0.1, 0.15) is 28.0 Å². The van der Waals surface area contributed by atoms with E-state index in [0.29, 0.717) is 10.0 Å². The molecule has 0 aliphatic heterocycles. The maximum absolute atomic E-state index is 12.2. The molecule has 0 aliphatic carbocycles. The second-order valence-corrected chi connectivity index (χ2v) is 5.38. The third kappa shape index (κ3) is 4.01. The van der Waals surface area contributed by atoms with Crippen LogP contribution in [0.2, 0.25) is 0 Å². The fraction of sp³-hybridized carbons (Fsp3) is 0.385. The highest BCUT2D eigenvalue weighted by Gasteiger charge is 2.27. The zero-order chi connectivity index (χ0) is 14.6. The van der Waals surface area contributed by atoms with E-state index < -0.39 is 12.6 Å². The van der Waals surface area contributed by atoms with Gasteiger partial charge in [-0.05, 0) is 12.6 Å². The third-order valence-corrected chi connectivity index (χ3v) is 3.82. The van der Waals surface area contributed by atoms with Crippen molar-refractivity contribution in [1.82, 2.24) is 15.5 Å². The Hall–Kier alpha value is -1.47. The average Bonchev–Trinajstić information content (AvgIpc) is 2.87. The molecule has 1 unspecified atom stereocenters. The number of aromatic nitrogens is 2. The van der Waals surface area contributed by atoms with E-state index in [4.69, 9.17) is 0 Å². The van der Waals surface area contributed by atoms with Gasteiger partial charge in [-0.3, -0.25) is 0 Å². The van der Waals surface area contributed by atoms with Crippen LogP contribution in [0.3, 0.4) is 0 Å². The predicted octanol–water partition coefficient (Wildman–Crippen LogP) is 3.34. The summed E-state index contributed by atoms with van der Waals surface area (Å²) in [5, 5.41) is 12.0. The lowest BCUT2D eigenvalue weighted by atomic mass is 10.1. The Morgan fingerprint density at radius 1 is 1.20 bits per heavy atom. The topological polar surface area (TPSA) is 37.8 Å². The summed E-state index contributed by atoms with van der Waals surface area (Å²) in [5.41, 5.74) is 1.01. The second kappa shape index (κ2) is 6.32. The van der Waals surface area contributed by atoms with E-state index in [9.17, 15) is 13.2 Å². The van der Waals surface area contributed by atoms with E-state index >= 15 is 0 Å². The fourth-order valence-corrected chi connectivity index (χ4v) is 2.79. The first-order valence-electron chi connectivity index (χ1n) is 6.11. The number of nitrogens with zero attached hydrogens (tertiary/aromatic N) is 2. The highest BCUT2D eigenvalue weighted by Crippen LogP contribution is 2.27. The van der Waals surface area contributed by atoms with Gasteiger partial charge in [-0.2, -0.15) is 13.2 Å². The zero-order valence-electron chi connectivity index (χ0n) is 10.8. The molecular weight excluding hydrogens is 287 g/mol. The van der Waals surface area contributed by atoms with Crippen molar-refractivity contribution in [3.63, 3.8) is 0 Å². The molecule has 1 N–H and O–H groups in total. The van der Waals surface area contributed by atoms with Gasteiger partial charge < -0.3 is 5.32 Å². The zero-order valence-corrected chi connectivity index (χ0v) is 11.6. The largest absolute Gasteiger partial charge is 0.389 e. The molecule has 0 bridgehead atoms. The molecule has 2 aromatic rings. The molecule has 1 aromatic heterocycles. The summed E-state index contributed by atoms with van der Waals surface area (Å²) in [4.78, 5) is 0. The number of nitrogens with one attached hydrogen (secondary N) is 1. The molecule has 0 spiro atoms. The van der Waals surface area contributed by atoms with Crippen LogP contribution in [0, 0.1) is 0 Å². The summed E-state index contributed by atoms with van der Waals surface area (Å²) in [7, 11) is 1.79. The van der Waals surface area contributed by atoms with Gasteiger partial charge >= 0.3 is 6.18 Å². The van der Waals surface area contributed by atoms with Gasteiger partial charge in [0.2, 0.25) is 0 Å². The number of hydrogen-bond donors (Lipinski definition) is 1. The van der Waals surface area contributed by atoms with Gasteiger partial charge in [-0.25, -0.2) is 0 Å². The van der Waals surface area contributed by atoms with Crippen molar-refractivity contribution in [2.24, 2.45) is 0 Å². The second-order valence-electron chi connectivity index (χ2n) is 4.28. The van der Waals surface area contributed by atoms with Gasteiger partial charge in [0.25, 0.3) is 0 Å². The summed E-state index contributed by atoms with van der Waals surface area (Å²) in [5.74, 6) is 0. The molecule has 2 rings (SSSR count). The lowest BCUT2D eigenvalue weighted by Gasteiger charge is -2.12. The Morgan fingerprint density at radius 2 is 1.90 bits per heavy atom. The van der Waals surface area contributed by atoms with Gasteiger partial charge in [0, 0.05) is 12.8 Å². The standard InChI is InChI=1S/C13H14F3N3S/c1-17-11(9-5-3-2-4-6-9)12-19-18-10(20-12)7-8-13(14,15)16/h2-6,11,17H,7-8H2,1H3. The molecule has 0 radical (unpaired) electrons. The lowest BCUT2D eigenvalue weighted by molar-refractivity contribution is -0.134. The summed E-state index contributed by atoms with van der Waals surface area (Å²) < 4.78 is 36.5. The van der Waals surface area contributed by atoms with Gasteiger partial charge in [-0.1, -0.05) is 41.7 Å². The van der Waals surface area contributed by atoms with Crippen molar-refractivity contribution in [3.05, 3.63) is 45.9 Å². The normalized spacial score (nSPS) is 13.4. The van der Waals surface area contributed by atoms with E-state index in [0.717, 1.165) is 5.56 Å².